The van der Waals surface area contributed by atoms with E-state index in [-0.39, 0.29) is 18.6 Å². The SMILES string of the molecule is C#CCOc1ccc(/C=C2\NC(=S)N(C3CCCCC3)C2=O)cc1Cl. The molecule has 2 fully saturated rings. The highest BCUT2D eigenvalue weighted by Crippen LogP contribution is 2.29. The number of halogens is 1. The fourth-order valence-electron chi connectivity index (χ4n) is 3.23. The summed E-state index contributed by atoms with van der Waals surface area (Å²) in [5, 5.41) is 3.97. The van der Waals surface area contributed by atoms with Crippen molar-refractivity contribution in [1.82, 2.24) is 10.2 Å². The molecule has 2 aliphatic rings. The number of hydrogen-bond acceptors (Lipinski definition) is 3. The normalized spacial score (nSPS) is 19.8. The molecule has 0 atom stereocenters. The van der Waals surface area contributed by atoms with Gasteiger partial charge < -0.3 is 10.1 Å². The molecule has 1 N–H and O–H groups in total. The van der Waals surface area contributed by atoms with Crippen molar-refractivity contribution >= 4 is 40.9 Å². The summed E-state index contributed by atoms with van der Waals surface area (Å²) in [7, 11) is 0. The number of nitrogens with one attached hydrogen (secondary N) is 1. The number of thiocarbonyl (C=S) groups is 1. The lowest BCUT2D eigenvalue weighted by Gasteiger charge is -2.29. The number of carbonyl (C=O) groups excluding carboxylic acids is 1. The Morgan fingerprint density at radius 3 is 2.84 bits per heavy atom. The third-order valence-corrected chi connectivity index (χ3v) is 5.02. The smallest absolute Gasteiger partial charge is 0.276 e. The quantitative estimate of drug-likeness (QED) is 0.495. The monoisotopic (exact) mass is 374 g/mol. The lowest BCUT2D eigenvalue weighted by molar-refractivity contribution is -0.124. The van der Waals surface area contributed by atoms with E-state index in [1.807, 2.05) is 6.07 Å². The van der Waals surface area contributed by atoms with Gasteiger partial charge in [-0.2, -0.15) is 0 Å². The molecule has 0 unspecified atom stereocenters. The van der Waals surface area contributed by atoms with Crippen molar-refractivity contribution in [3.05, 3.63) is 34.5 Å². The first-order valence-corrected chi connectivity index (χ1v) is 9.11. The van der Waals surface area contributed by atoms with Crippen LogP contribution < -0.4 is 10.1 Å². The third-order valence-electron chi connectivity index (χ3n) is 4.43. The van der Waals surface area contributed by atoms with Gasteiger partial charge in [0.1, 0.15) is 18.1 Å². The van der Waals surface area contributed by atoms with Gasteiger partial charge in [0.05, 0.1) is 5.02 Å². The highest BCUT2D eigenvalue weighted by atomic mass is 35.5. The Morgan fingerprint density at radius 1 is 1.40 bits per heavy atom. The first-order chi connectivity index (χ1) is 12.1. The predicted molar refractivity (Wildman–Crippen MR) is 103 cm³/mol. The van der Waals surface area contributed by atoms with Crippen LogP contribution in [-0.2, 0) is 4.79 Å². The standard InChI is InChI=1S/C19H19ClN2O2S/c1-2-10-24-17-9-8-13(11-15(17)20)12-16-18(23)22(19(25)21-16)14-6-4-3-5-7-14/h1,8-9,11-12,14H,3-7,10H2,(H,21,25)/b16-12-. The predicted octanol–water partition coefficient (Wildman–Crippen LogP) is 3.74. The Labute approximate surface area is 158 Å². The largest absolute Gasteiger partial charge is 0.479 e. The van der Waals surface area contributed by atoms with Crippen molar-refractivity contribution in [2.75, 3.05) is 6.61 Å². The molecule has 1 saturated carbocycles. The molecule has 130 valence electrons. The van der Waals surface area contributed by atoms with E-state index in [1.165, 1.54) is 6.42 Å². The molecule has 0 spiro atoms. The van der Waals surface area contributed by atoms with Crippen LogP contribution in [-0.4, -0.2) is 28.6 Å². The second kappa shape index (κ2) is 7.90. The summed E-state index contributed by atoms with van der Waals surface area (Å²) in [6, 6.07) is 5.51. The maximum Gasteiger partial charge on any atom is 0.276 e. The van der Waals surface area contributed by atoms with E-state index in [4.69, 9.17) is 35.0 Å². The van der Waals surface area contributed by atoms with E-state index in [0.29, 0.717) is 21.6 Å². The van der Waals surface area contributed by atoms with E-state index in [2.05, 4.69) is 11.2 Å². The van der Waals surface area contributed by atoms with Crippen LogP contribution in [0.15, 0.2) is 23.9 Å². The van der Waals surface area contributed by atoms with Gasteiger partial charge in [-0.1, -0.05) is 42.9 Å². The van der Waals surface area contributed by atoms with Gasteiger partial charge in [0, 0.05) is 6.04 Å². The number of hydrogen-bond donors (Lipinski definition) is 1. The molecule has 0 aromatic heterocycles. The van der Waals surface area contributed by atoms with E-state index >= 15 is 0 Å². The Hall–Kier alpha value is -2.03. The molecule has 1 amide bonds. The van der Waals surface area contributed by atoms with Crippen molar-refractivity contribution < 1.29 is 9.53 Å². The minimum absolute atomic E-state index is 0.0688. The molecule has 0 radical (unpaired) electrons. The average Bonchev–Trinajstić information content (AvgIpc) is 2.88. The van der Waals surface area contributed by atoms with Crippen molar-refractivity contribution in [3.8, 4) is 18.1 Å². The number of rotatable bonds is 4. The highest BCUT2D eigenvalue weighted by Gasteiger charge is 2.36. The minimum atomic E-state index is -0.0688. The molecule has 1 aliphatic heterocycles. The van der Waals surface area contributed by atoms with Gasteiger partial charge in [0.2, 0.25) is 0 Å². The Kier molecular flexibility index (Phi) is 5.62. The van der Waals surface area contributed by atoms with Gasteiger partial charge in [-0.3, -0.25) is 9.69 Å². The zero-order valence-electron chi connectivity index (χ0n) is 13.8. The van der Waals surface area contributed by atoms with Crippen LogP contribution in [0.2, 0.25) is 5.02 Å². The number of nitrogens with zero attached hydrogens (tertiary/aromatic N) is 1. The van der Waals surface area contributed by atoms with Crippen LogP contribution in [0.5, 0.6) is 5.75 Å². The molecule has 3 rings (SSSR count). The van der Waals surface area contributed by atoms with Crippen LogP contribution in [0.3, 0.4) is 0 Å². The summed E-state index contributed by atoms with van der Waals surface area (Å²) in [5.41, 5.74) is 1.27. The second-order valence-corrected chi connectivity index (χ2v) is 6.93. The van der Waals surface area contributed by atoms with Crippen LogP contribution in [0, 0.1) is 12.3 Å². The molecule has 1 aromatic rings. The highest BCUT2D eigenvalue weighted by molar-refractivity contribution is 7.80. The summed E-state index contributed by atoms with van der Waals surface area (Å²) in [5.74, 6) is 2.85. The van der Waals surface area contributed by atoms with Gasteiger partial charge in [0.25, 0.3) is 5.91 Å². The maximum atomic E-state index is 12.7. The fourth-order valence-corrected chi connectivity index (χ4v) is 3.82. The van der Waals surface area contributed by atoms with E-state index < -0.39 is 0 Å². The van der Waals surface area contributed by atoms with Gasteiger partial charge in [0.15, 0.2) is 5.11 Å². The first kappa shape index (κ1) is 17.8. The number of terminal acetylenes is 1. The molecule has 4 nitrogen and oxygen atoms in total. The third kappa shape index (κ3) is 3.97. The number of benzene rings is 1. The molecule has 1 aromatic carbocycles. The van der Waals surface area contributed by atoms with Gasteiger partial charge in [-0.15, -0.1) is 6.42 Å². The number of amides is 1. The number of ether oxygens (including phenoxy) is 1. The fraction of sp³-hybridized carbons (Fsp3) is 0.368. The van der Waals surface area contributed by atoms with Crippen molar-refractivity contribution in [1.29, 1.82) is 0 Å². The van der Waals surface area contributed by atoms with Crippen molar-refractivity contribution in [2.45, 2.75) is 38.1 Å². The van der Waals surface area contributed by atoms with Crippen LogP contribution in [0.1, 0.15) is 37.7 Å². The molecule has 0 bridgehead atoms. The lowest BCUT2D eigenvalue weighted by Crippen LogP contribution is -2.41. The topological polar surface area (TPSA) is 41.6 Å². The van der Waals surface area contributed by atoms with Gasteiger partial charge in [-0.05, 0) is 48.8 Å². The molecular formula is C19H19ClN2O2S. The minimum Gasteiger partial charge on any atom is -0.479 e. The zero-order valence-corrected chi connectivity index (χ0v) is 15.3. The Balaban J connectivity index is 1.77. The van der Waals surface area contributed by atoms with Crippen LogP contribution in [0.4, 0.5) is 0 Å². The molecule has 1 heterocycles. The van der Waals surface area contributed by atoms with E-state index in [1.54, 1.807) is 23.1 Å². The van der Waals surface area contributed by atoms with Crippen LogP contribution in [0.25, 0.3) is 6.08 Å². The van der Waals surface area contributed by atoms with Crippen molar-refractivity contribution in [3.63, 3.8) is 0 Å². The summed E-state index contributed by atoms with van der Waals surface area (Å²) >= 11 is 11.6. The van der Waals surface area contributed by atoms with Gasteiger partial charge in [-0.25, -0.2) is 0 Å². The summed E-state index contributed by atoms with van der Waals surface area (Å²) in [6.45, 7) is 0.158. The molecule has 6 heteroatoms. The van der Waals surface area contributed by atoms with Gasteiger partial charge >= 0.3 is 0 Å². The van der Waals surface area contributed by atoms with E-state index in [0.717, 1.165) is 31.2 Å². The second-order valence-electron chi connectivity index (χ2n) is 6.14. The molecular weight excluding hydrogens is 356 g/mol. The van der Waals surface area contributed by atoms with Crippen molar-refractivity contribution in [2.24, 2.45) is 0 Å². The summed E-state index contributed by atoms with van der Waals surface area (Å²) in [4.78, 5) is 14.5. The molecule has 1 aliphatic carbocycles. The first-order valence-electron chi connectivity index (χ1n) is 8.32. The molecule has 1 saturated heterocycles. The summed E-state index contributed by atoms with van der Waals surface area (Å²) in [6.07, 6.45) is 12.5. The number of carbonyl (C=O) groups is 1. The van der Waals surface area contributed by atoms with Crippen LogP contribution >= 0.6 is 23.8 Å². The maximum absolute atomic E-state index is 12.7. The summed E-state index contributed by atoms with van der Waals surface area (Å²) < 4.78 is 5.35. The zero-order chi connectivity index (χ0) is 17.8. The molecule has 25 heavy (non-hydrogen) atoms. The average molecular weight is 375 g/mol. The van der Waals surface area contributed by atoms with E-state index in [9.17, 15) is 4.79 Å². The Bertz CT molecular complexity index is 763. The Morgan fingerprint density at radius 2 is 2.16 bits per heavy atom. The lowest BCUT2D eigenvalue weighted by atomic mass is 9.94.